The minimum atomic E-state index is 0.475. The van der Waals surface area contributed by atoms with Crippen LogP contribution < -0.4 is 11.1 Å². The van der Waals surface area contributed by atoms with Crippen LogP contribution in [0.5, 0.6) is 0 Å². The van der Waals surface area contributed by atoms with Gasteiger partial charge in [-0.3, -0.25) is 0 Å². The third-order valence-electron chi connectivity index (χ3n) is 5.59. The van der Waals surface area contributed by atoms with E-state index in [0.717, 1.165) is 24.3 Å². The van der Waals surface area contributed by atoms with Crippen LogP contribution in [0.15, 0.2) is 0 Å². The Labute approximate surface area is 106 Å². The van der Waals surface area contributed by atoms with Crippen molar-refractivity contribution in [1.82, 2.24) is 5.32 Å². The fourth-order valence-electron chi connectivity index (χ4n) is 5.18. The molecule has 1 unspecified atom stereocenters. The molecule has 2 heteroatoms. The molecule has 4 rings (SSSR count). The number of hydrogen-bond donors (Lipinski definition) is 2. The highest BCUT2D eigenvalue weighted by molar-refractivity contribution is 5.07. The lowest BCUT2D eigenvalue weighted by Gasteiger charge is -2.58. The van der Waals surface area contributed by atoms with Gasteiger partial charge < -0.3 is 11.1 Å². The van der Waals surface area contributed by atoms with Gasteiger partial charge in [0.05, 0.1) is 0 Å². The Hall–Kier alpha value is -0.0800. The van der Waals surface area contributed by atoms with Gasteiger partial charge in [-0.25, -0.2) is 0 Å². The van der Waals surface area contributed by atoms with Crippen molar-refractivity contribution in [2.75, 3.05) is 6.54 Å². The summed E-state index contributed by atoms with van der Waals surface area (Å²) in [5.41, 5.74) is 6.42. The summed E-state index contributed by atoms with van der Waals surface area (Å²) in [7, 11) is 0. The van der Waals surface area contributed by atoms with E-state index in [9.17, 15) is 0 Å². The van der Waals surface area contributed by atoms with Crippen LogP contribution in [0.1, 0.15) is 52.4 Å². The standard InChI is InChI=1S/C15H28N2/c1-10(2)14(9-16)17-15-6-11-3-12(7-15)5-13(4-11)8-15/h10-14,17H,3-9,16H2,1-2H3. The lowest BCUT2D eigenvalue weighted by Crippen LogP contribution is -2.62. The van der Waals surface area contributed by atoms with E-state index in [1.165, 1.54) is 38.5 Å². The molecule has 4 aliphatic carbocycles. The molecule has 17 heavy (non-hydrogen) atoms. The summed E-state index contributed by atoms with van der Waals surface area (Å²) >= 11 is 0. The van der Waals surface area contributed by atoms with E-state index in [0.29, 0.717) is 17.5 Å². The molecule has 0 saturated heterocycles. The number of hydrogen-bond acceptors (Lipinski definition) is 2. The summed E-state index contributed by atoms with van der Waals surface area (Å²) in [6.45, 7) is 5.38. The Balaban J connectivity index is 1.73. The first-order valence-electron chi connectivity index (χ1n) is 7.58. The predicted octanol–water partition coefficient (Wildman–Crippen LogP) is 2.53. The number of nitrogens with one attached hydrogen (secondary N) is 1. The monoisotopic (exact) mass is 236 g/mol. The Kier molecular flexibility index (Phi) is 2.99. The Bertz CT molecular complexity index is 249. The molecular formula is C15H28N2. The van der Waals surface area contributed by atoms with Crippen molar-refractivity contribution in [3.63, 3.8) is 0 Å². The second-order valence-corrected chi connectivity index (χ2v) is 7.43. The van der Waals surface area contributed by atoms with Crippen molar-refractivity contribution in [3.8, 4) is 0 Å². The molecule has 0 aromatic heterocycles. The van der Waals surface area contributed by atoms with Gasteiger partial charge in [0.15, 0.2) is 0 Å². The lowest BCUT2D eigenvalue weighted by atomic mass is 9.53. The molecule has 0 amide bonds. The van der Waals surface area contributed by atoms with Crippen molar-refractivity contribution in [2.45, 2.75) is 64.0 Å². The van der Waals surface area contributed by atoms with Crippen LogP contribution in [-0.4, -0.2) is 18.1 Å². The first-order chi connectivity index (χ1) is 8.10. The van der Waals surface area contributed by atoms with Crippen molar-refractivity contribution in [3.05, 3.63) is 0 Å². The van der Waals surface area contributed by atoms with Crippen LogP contribution in [0.3, 0.4) is 0 Å². The van der Waals surface area contributed by atoms with Crippen molar-refractivity contribution >= 4 is 0 Å². The van der Waals surface area contributed by atoms with Gasteiger partial charge >= 0.3 is 0 Å². The van der Waals surface area contributed by atoms with Gasteiger partial charge in [-0.05, 0) is 62.2 Å². The van der Waals surface area contributed by atoms with Gasteiger partial charge in [-0.1, -0.05) is 13.8 Å². The summed E-state index contributed by atoms with van der Waals surface area (Å²) in [6, 6.07) is 0.520. The van der Waals surface area contributed by atoms with Crippen molar-refractivity contribution in [2.24, 2.45) is 29.4 Å². The second kappa shape index (κ2) is 4.24. The van der Waals surface area contributed by atoms with Gasteiger partial charge in [0, 0.05) is 18.1 Å². The summed E-state index contributed by atoms with van der Waals surface area (Å²) in [5, 5.41) is 3.99. The van der Waals surface area contributed by atoms with Crippen LogP contribution in [0, 0.1) is 23.7 Å². The minimum Gasteiger partial charge on any atom is -0.329 e. The number of nitrogens with two attached hydrogens (primary N) is 1. The van der Waals surface area contributed by atoms with Crippen molar-refractivity contribution in [1.29, 1.82) is 0 Å². The number of rotatable bonds is 4. The first-order valence-corrected chi connectivity index (χ1v) is 7.58. The largest absolute Gasteiger partial charge is 0.329 e. The Morgan fingerprint density at radius 2 is 1.53 bits per heavy atom. The van der Waals surface area contributed by atoms with E-state index >= 15 is 0 Å². The van der Waals surface area contributed by atoms with Gasteiger partial charge in [0.2, 0.25) is 0 Å². The third-order valence-corrected chi connectivity index (χ3v) is 5.59. The highest BCUT2D eigenvalue weighted by Crippen LogP contribution is 2.55. The van der Waals surface area contributed by atoms with Gasteiger partial charge in [0.25, 0.3) is 0 Å². The third kappa shape index (κ3) is 2.15. The minimum absolute atomic E-state index is 0.475. The molecule has 4 saturated carbocycles. The zero-order valence-corrected chi connectivity index (χ0v) is 11.4. The van der Waals surface area contributed by atoms with Crippen molar-refractivity contribution < 1.29 is 0 Å². The summed E-state index contributed by atoms with van der Waals surface area (Å²) in [4.78, 5) is 0. The molecule has 0 aromatic carbocycles. The molecule has 4 aliphatic rings. The summed E-state index contributed by atoms with van der Waals surface area (Å²) in [5.74, 6) is 3.74. The van der Waals surface area contributed by atoms with E-state index in [1.807, 2.05) is 0 Å². The zero-order valence-electron chi connectivity index (χ0n) is 11.4. The molecule has 4 bridgehead atoms. The average molecular weight is 236 g/mol. The Morgan fingerprint density at radius 1 is 1.06 bits per heavy atom. The quantitative estimate of drug-likeness (QED) is 0.787. The first kappa shape index (κ1) is 12.0. The van der Waals surface area contributed by atoms with Crippen LogP contribution in [0.2, 0.25) is 0 Å². The van der Waals surface area contributed by atoms with E-state index in [2.05, 4.69) is 19.2 Å². The van der Waals surface area contributed by atoms with E-state index in [-0.39, 0.29) is 0 Å². The summed E-state index contributed by atoms with van der Waals surface area (Å²) < 4.78 is 0. The van der Waals surface area contributed by atoms with E-state index in [1.54, 1.807) is 0 Å². The van der Waals surface area contributed by atoms with E-state index < -0.39 is 0 Å². The molecule has 0 aromatic rings. The molecule has 0 spiro atoms. The summed E-state index contributed by atoms with van der Waals surface area (Å²) in [6.07, 6.45) is 8.87. The molecule has 0 heterocycles. The topological polar surface area (TPSA) is 38.0 Å². The van der Waals surface area contributed by atoms with Gasteiger partial charge in [-0.15, -0.1) is 0 Å². The van der Waals surface area contributed by atoms with Crippen LogP contribution in [0.25, 0.3) is 0 Å². The van der Waals surface area contributed by atoms with Gasteiger partial charge in [0.1, 0.15) is 0 Å². The highest BCUT2D eigenvalue weighted by atomic mass is 15.0. The average Bonchev–Trinajstić information content (AvgIpc) is 2.23. The molecular weight excluding hydrogens is 208 g/mol. The fourth-order valence-corrected chi connectivity index (χ4v) is 5.18. The highest BCUT2D eigenvalue weighted by Gasteiger charge is 2.51. The molecule has 0 aliphatic heterocycles. The van der Waals surface area contributed by atoms with Gasteiger partial charge in [-0.2, -0.15) is 0 Å². The zero-order chi connectivity index (χ0) is 12.0. The van der Waals surface area contributed by atoms with Crippen LogP contribution >= 0.6 is 0 Å². The Morgan fingerprint density at radius 3 is 1.88 bits per heavy atom. The SMILES string of the molecule is CC(C)C(CN)NC12CC3CC(CC(C3)C1)C2. The molecule has 2 nitrogen and oxygen atoms in total. The smallest absolute Gasteiger partial charge is 0.0218 e. The fraction of sp³-hybridized carbons (Fsp3) is 1.00. The van der Waals surface area contributed by atoms with Crippen LogP contribution in [0.4, 0.5) is 0 Å². The van der Waals surface area contributed by atoms with E-state index in [4.69, 9.17) is 5.73 Å². The predicted molar refractivity (Wildman–Crippen MR) is 71.7 cm³/mol. The maximum atomic E-state index is 5.94. The van der Waals surface area contributed by atoms with Crippen LogP contribution in [-0.2, 0) is 0 Å². The molecule has 0 radical (unpaired) electrons. The second-order valence-electron chi connectivity index (χ2n) is 7.43. The maximum Gasteiger partial charge on any atom is 0.0218 e. The lowest BCUT2D eigenvalue weighted by molar-refractivity contribution is -0.0273. The molecule has 1 atom stereocenters. The molecule has 98 valence electrons. The normalized spacial score (nSPS) is 45.5. The molecule has 3 N–H and O–H groups in total. The molecule has 4 fully saturated rings. The maximum absolute atomic E-state index is 5.94.